The van der Waals surface area contributed by atoms with E-state index < -0.39 is 0 Å². The van der Waals surface area contributed by atoms with E-state index in [-0.39, 0.29) is 17.9 Å². The first-order chi connectivity index (χ1) is 13.1. The first kappa shape index (κ1) is 19.2. The first-order valence-electron chi connectivity index (χ1n) is 9.88. The molecule has 2 amide bonds. The third-order valence-corrected chi connectivity index (χ3v) is 5.19. The minimum absolute atomic E-state index is 0.0876. The number of nitrogens with one attached hydrogen (secondary N) is 1. The second kappa shape index (κ2) is 8.85. The zero-order valence-corrected chi connectivity index (χ0v) is 16.2. The lowest BCUT2D eigenvalue weighted by molar-refractivity contribution is 0.0927. The Morgan fingerprint density at radius 1 is 1.00 bits per heavy atom. The summed E-state index contributed by atoms with van der Waals surface area (Å²) in [6.07, 6.45) is 5.68. The fourth-order valence-corrected chi connectivity index (χ4v) is 3.70. The quantitative estimate of drug-likeness (QED) is 0.834. The molecule has 3 rings (SSSR count). The molecule has 4 heteroatoms. The number of benzene rings is 2. The largest absolute Gasteiger partial charge is 0.349 e. The highest BCUT2D eigenvalue weighted by molar-refractivity contribution is 6.07. The Morgan fingerprint density at radius 2 is 1.70 bits per heavy atom. The number of anilines is 1. The van der Waals surface area contributed by atoms with Gasteiger partial charge in [-0.2, -0.15) is 0 Å². The Bertz CT molecular complexity index is 810. The molecule has 1 N–H and O–H groups in total. The SMILES string of the molecule is CCN(C(=O)c1cccc(C(=O)NC2CCCCC2)c1)c1cccc(C)c1. The van der Waals surface area contributed by atoms with Crippen LogP contribution in [0.15, 0.2) is 48.5 Å². The van der Waals surface area contributed by atoms with Crippen molar-refractivity contribution in [3.05, 3.63) is 65.2 Å². The normalized spacial score (nSPS) is 14.6. The fourth-order valence-electron chi connectivity index (χ4n) is 3.70. The Morgan fingerprint density at radius 3 is 2.41 bits per heavy atom. The van der Waals surface area contributed by atoms with Gasteiger partial charge in [0.2, 0.25) is 0 Å². The Balaban J connectivity index is 1.77. The zero-order chi connectivity index (χ0) is 19.2. The van der Waals surface area contributed by atoms with Crippen molar-refractivity contribution in [2.75, 3.05) is 11.4 Å². The van der Waals surface area contributed by atoms with Gasteiger partial charge in [0.1, 0.15) is 0 Å². The van der Waals surface area contributed by atoms with Crippen molar-refractivity contribution in [2.24, 2.45) is 0 Å². The van der Waals surface area contributed by atoms with E-state index in [1.807, 2.05) is 38.1 Å². The third kappa shape index (κ3) is 4.76. The highest BCUT2D eigenvalue weighted by Gasteiger charge is 2.20. The lowest BCUT2D eigenvalue weighted by atomic mass is 9.95. The second-order valence-corrected chi connectivity index (χ2v) is 7.28. The number of carbonyl (C=O) groups is 2. The van der Waals surface area contributed by atoms with Crippen LogP contribution >= 0.6 is 0 Å². The summed E-state index contributed by atoms with van der Waals surface area (Å²) in [6.45, 7) is 4.54. The summed E-state index contributed by atoms with van der Waals surface area (Å²) in [7, 11) is 0. The molecule has 0 atom stereocenters. The minimum atomic E-state index is -0.0878. The van der Waals surface area contributed by atoms with E-state index in [1.165, 1.54) is 19.3 Å². The Kier molecular flexibility index (Phi) is 6.28. The molecular weight excluding hydrogens is 336 g/mol. The molecule has 2 aromatic rings. The third-order valence-electron chi connectivity index (χ3n) is 5.19. The average molecular weight is 364 g/mol. The fraction of sp³-hybridized carbons (Fsp3) is 0.391. The molecule has 0 aliphatic heterocycles. The highest BCUT2D eigenvalue weighted by Crippen LogP contribution is 2.20. The molecule has 0 spiro atoms. The molecule has 1 aliphatic carbocycles. The maximum Gasteiger partial charge on any atom is 0.258 e. The average Bonchev–Trinajstić information content (AvgIpc) is 2.69. The van der Waals surface area contributed by atoms with Gasteiger partial charge in [0.05, 0.1) is 0 Å². The van der Waals surface area contributed by atoms with Gasteiger partial charge >= 0.3 is 0 Å². The molecule has 0 radical (unpaired) electrons. The molecule has 0 heterocycles. The first-order valence-corrected chi connectivity index (χ1v) is 9.88. The molecule has 2 aromatic carbocycles. The summed E-state index contributed by atoms with van der Waals surface area (Å²) in [5.74, 6) is -0.175. The van der Waals surface area contributed by atoms with E-state index in [4.69, 9.17) is 0 Å². The lowest BCUT2D eigenvalue weighted by Crippen LogP contribution is -2.36. The number of hydrogen-bond donors (Lipinski definition) is 1. The summed E-state index contributed by atoms with van der Waals surface area (Å²) in [6, 6.07) is 15.2. The summed E-state index contributed by atoms with van der Waals surface area (Å²) in [5.41, 5.74) is 3.07. The van der Waals surface area contributed by atoms with E-state index in [2.05, 4.69) is 5.32 Å². The van der Waals surface area contributed by atoms with Gasteiger partial charge in [0, 0.05) is 29.4 Å². The smallest absolute Gasteiger partial charge is 0.258 e. The van der Waals surface area contributed by atoms with Crippen LogP contribution in [0.25, 0.3) is 0 Å². The zero-order valence-electron chi connectivity index (χ0n) is 16.2. The van der Waals surface area contributed by atoms with E-state index >= 15 is 0 Å². The van der Waals surface area contributed by atoms with Crippen molar-refractivity contribution in [1.82, 2.24) is 5.32 Å². The summed E-state index contributed by atoms with van der Waals surface area (Å²) < 4.78 is 0. The molecule has 1 aliphatic rings. The van der Waals surface area contributed by atoms with Crippen molar-refractivity contribution in [2.45, 2.75) is 52.0 Å². The molecule has 27 heavy (non-hydrogen) atoms. The van der Waals surface area contributed by atoms with Gasteiger partial charge < -0.3 is 10.2 Å². The van der Waals surface area contributed by atoms with Gasteiger partial charge in [-0.1, -0.05) is 37.5 Å². The van der Waals surface area contributed by atoms with Gasteiger partial charge in [-0.3, -0.25) is 9.59 Å². The van der Waals surface area contributed by atoms with Crippen molar-refractivity contribution in [3.8, 4) is 0 Å². The maximum absolute atomic E-state index is 13.0. The van der Waals surface area contributed by atoms with Crippen LogP contribution in [0.3, 0.4) is 0 Å². The Labute approximate surface area is 161 Å². The number of rotatable bonds is 5. The molecule has 0 saturated heterocycles. The van der Waals surface area contributed by atoms with Crippen LogP contribution in [0.5, 0.6) is 0 Å². The highest BCUT2D eigenvalue weighted by atomic mass is 16.2. The van der Waals surface area contributed by atoms with E-state index in [0.29, 0.717) is 17.7 Å². The molecule has 0 aromatic heterocycles. The molecule has 142 valence electrons. The summed E-state index contributed by atoms with van der Waals surface area (Å²) >= 11 is 0. The number of carbonyl (C=O) groups excluding carboxylic acids is 2. The van der Waals surface area contributed by atoms with E-state index in [0.717, 1.165) is 24.1 Å². The van der Waals surface area contributed by atoms with Crippen LogP contribution in [0.2, 0.25) is 0 Å². The van der Waals surface area contributed by atoms with Crippen LogP contribution in [0.4, 0.5) is 5.69 Å². The second-order valence-electron chi connectivity index (χ2n) is 7.28. The van der Waals surface area contributed by atoms with Crippen LogP contribution < -0.4 is 10.2 Å². The van der Waals surface area contributed by atoms with Crippen LogP contribution in [-0.2, 0) is 0 Å². The van der Waals surface area contributed by atoms with Crippen molar-refractivity contribution in [1.29, 1.82) is 0 Å². The topological polar surface area (TPSA) is 49.4 Å². The number of nitrogens with zero attached hydrogens (tertiary/aromatic N) is 1. The summed E-state index contributed by atoms with van der Waals surface area (Å²) in [5, 5.41) is 3.12. The van der Waals surface area contributed by atoms with Gasteiger partial charge in [0.25, 0.3) is 11.8 Å². The lowest BCUT2D eigenvalue weighted by Gasteiger charge is -2.23. The number of amides is 2. The van der Waals surface area contributed by atoms with Crippen LogP contribution in [-0.4, -0.2) is 24.4 Å². The van der Waals surface area contributed by atoms with Gasteiger partial charge in [-0.15, -0.1) is 0 Å². The van der Waals surface area contributed by atoms with Gasteiger partial charge in [-0.05, 0) is 62.6 Å². The Hall–Kier alpha value is -2.62. The van der Waals surface area contributed by atoms with Gasteiger partial charge in [0.15, 0.2) is 0 Å². The number of aryl methyl sites for hydroxylation is 1. The van der Waals surface area contributed by atoms with Crippen LogP contribution in [0, 0.1) is 6.92 Å². The molecular formula is C23H28N2O2. The predicted octanol–water partition coefficient (Wildman–Crippen LogP) is 4.72. The van der Waals surface area contributed by atoms with Crippen molar-refractivity contribution in [3.63, 3.8) is 0 Å². The monoisotopic (exact) mass is 364 g/mol. The molecule has 1 fully saturated rings. The molecule has 0 unspecified atom stereocenters. The van der Waals surface area contributed by atoms with E-state index in [9.17, 15) is 9.59 Å². The van der Waals surface area contributed by atoms with Crippen LogP contribution in [0.1, 0.15) is 65.3 Å². The summed E-state index contributed by atoms with van der Waals surface area (Å²) in [4.78, 5) is 27.4. The maximum atomic E-state index is 13.0. The van der Waals surface area contributed by atoms with Crippen molar-refractivity contribution < 1.29 is 9.59 Å². The molecule has 0 bridgehead atoms. The molecule has 1 saturated carbocycles. The van der Waals surface area contributed by atoms with E-state index in [1.54, 1.807) is 29.2 Å². The predicted molar refractivity (Wildman–Crippen MR) is 109 cm³/mol. The van der Waals surface area contributed by atoms with Crippen molar-refractivity contribution >= 4 is 17.5 Å². The van der Waals surface area contributed by atoms with Gasteiger partial charge in [-0.25, -0.2) is 0 Å². The number of hydrogen-bond acceptors (Lipinski definition) is 2. The standard InChI is InChI=1S/C23H28N2O2/c1-3-25(21-14-7-9-17(2)15-21)23(27)19-11-8-10-18(16-19)22(26)24-20-12-5-4-6-13-20/h7-11,14-16,20H,3-6,12-13H2,1-2H3,(H,24,26). The minimum Gasteiger partial charge on any atom is -0.349 e. The molecule has 4 nitrogen and oxygen atoms in total.